The first-order valence-corrected chi connectivity index (χ1v) is 32.5. The molecule has 0 N–H and O–H groups in total. The van der Waals surface area contributed by atoms with Crippen LogP contribution in [0.1, 0.15) is 159 Å². The van der Waals surface area contributed by atoms with Gasteiger partial charge in [0.25, 0.3) is 5.91 Å². The van der Waals surface area contributed by atoms with E-state index in [0.717, 1.165) is 67.6 Å². The predicted molar refractivity (Wildman–Crippen MR) is 386 cm³/mol. The van der Waals surface area contributed by atoms with E-state index in [-0.39, 0.29) is 82.2 Å². The summed E-state index contributed by atoms with van der Waals surface area (Å²) in [5.74, 6) is 5.00. The zero-order valence-corrected chi connectivity index (χ0v) is 55.7. The molecular formula is C79H82F2N14O6. The van der Waals surface area contributed by atoms with Crippen LogP contribution in [0.2, 0.25) is 0 Å². The first-order chi connectivity index (χ1) is 47.2. The average molecular weight is 1360 g/mol. The first kappa shape index (κ1) is 72.3. The number of hydrogen-bond donors (Lipinski definition) is 0. The van der Waals surface area contributed by atoms with Crippen molar-refractivity contribution >= 4 is 41.1 Å². The minimum Gasteiger partial charge on any atom is -0.421 e. The number of amides is 4. The summed E-state index contributed by atoms with van der Waals surface area (Å²) in [5, 5.41) is 11.8. The van der Waals surface area contributed by atoms with E-state index in [4.69, 9.17) is 23.9 Å². The highest BCUT2D eigenvalue weighted by Gasteiger charge is 2.34. The molecule has 0 atom stereocenters. The Bertz CT molecular complexity index is 4690. The molecule has 4 aliphatic heterocycles. The summed E-state index contributed by atoms with van der Waals surface area (Å²) in [6, 6.07) is 39.2. The van der Waals surface area contributed by atoms with E-state index in [1.54, 1.807) is 64.2 Å². The van der Waals surface area contributed by atoms with Gasteiger partial charge < -0.3 is 13.8 Å². The number of rotatable bonds is 14. The Balaban J connectivity index is 0.000000161. The number of aryl methyl sites for hydroxylation is 2. The lowest BCUT2D eigenvalue weighted by atomic mass is 9.96. The van der Waals surface area contributed by atoms with Crippen molar-refractivity contribution < 1.29 is 36.9 Å². The second kappa shape index (κ2) is 30.4. The molecule has 22 heteroatoms. The molecule has 9 heterocycles. The number of nitrogens with zero attached hydrogens (tertiary/aromatic N) is 14. The van der Waals surface area contributed by atoms with Crippen molar-refractivity contribution in [3.05, 3.63) is 231 Å². The minimum atomic E-state index is -0.281. The summed E-state index contributed by atoms with van der Waals surface area (Å²) >= 11 is 0. The normalized spacial score (nSPS) is 13.4. The summed E-state index contributed by atoms with van der Waals surface area (Å²) in [6.07, 6.45) is 6.76. The number of likely N-dealkylation sites (N-methyl/N-ethyl adjacent to an activating group) is 1. The van der Waals surface area contributed by atoms with Gasteiger partial charge in [0.05, 0.1) is 38.9 Å². The molecule has 5 aromatic heterocycles. The van der Waals surface area contributed by atoms with E-state index in [1.165, 1.54) is 17.7 Å². The third kappa shape index (κ3) is 15.0. The third-order valence-corrected chi connectivity index (χ3v) is 17.7. The maximum absolute atomic E-state index is 14.5. The summed E-state index contributed by atoms with van der Waals surface area (Å²) in [7, 11) is 1.83. The molecule has 0 spiro atoms. The Morgan fingerprint density at radius 3 is 1.38 bits per heavy atom. The zero-order valence-electron chi connectivity index (χ0n) is 55.7. The van der Waals surface area contributed by atoms with Gasteiger partial charge in [0.15, 0.2) is 17.5 Å². The molecule has 518 valence electrons. The molecule has 0 fully saturated rings. The van der Waals surface area contributed by atoms with E-state index in [9.17, 15) is 28.0 Å². The molecule has 0 bridgehead atoms. The lowest BCUT2D eigenvalue weighted by Gasteiger charge is -2.25. The molecule has 101 heavy (non-hydrogen) atoms. The Kier molecular flexibility index (Phi) is 21.7. The van der Waals surface area contributed by atoms with Crippen LogP contribution in [0.25, 0.3) is 57.0 Å². The van der Waals surface area contributed by atoms with Crippen molar-refractivity contribution in [2.75, 3.05) is 28.3 Å². The maximum Gasteiger partial charge on any atom is 0.253 e. The summed E-state index contributed by atoms with van der Waals surface area (Å²) in [4.78, 5) is 89.5. The number of carbonyl (C=O) groups is 4. The van der Waals surface area contributed by atoms with Gasteiger partial charge in [-0.15, -0.1) is 10.2 Å². The fourth-order valence-electron chi connectivity index (χ4n) is 12.8. The smallest absolute Gasteiger partial charge is 0.253 e. The van der Waals surface area contributed by atoms with Gasteiger partial charge >= 0.3 is 0 Å². The molecule has 0 saturated carbocycles. The minimum absolute atomic E-state index is 0. The molecule has 0 aliphatic carbocycles. The largest absolute Gasteiger partial charge is 0.421 e. The zero-order chi connectivity index (χ0) is 68.6. The monoisotopic (exact) mass is 1360 g/mol. The van der Waals surface area contributed by atoms with Crippen LogP contribution in [0.4, 0.5) is 26.2 Å². The SMILES string of the molecule is C.C.C.CC(C)c1ccccc1-c1ncc2c(n1)N(Cc1ccc3c(c1)CCN(C)C3=O)C(=O)C2.Cc1nc(-c2ccc(CN3C(=O)Cc4cnc(-c5cccc(F)c5C(C)C)nc43)cc2)no1.Cc1nnc(-c2ccc(CN3C(=O)Cc4cnc(-c5cccc(F)c5C(C)C)nc43)cc2)o1. The van der Waals surface area contributed by atoms with E-state index >= 15 is 0 Å². The number of anilines is 3. The van der Waals surface area contributed by atoms with Crippen molar-refractivity contribution in [3.63, 3.8) is 0 Å². The van der Waals surface area contributed by atoms with Gasteiger partial charge in [-0.2, -0.15) is 4.98 Å². The van der Waals surface area contributed by atoms with Crippen molar-refractivity contribution in [2.45, 2.75) is 141 Å². The second-order valence-electron chi connectivity index (χ2n) is 25.7. The Hall–Kier alpha value is -11.4. The average Bonchev–Trinajstić information content (AvgIpc) is 1.69. The Morgan fingerprint density at radius 1 is 0.465 bits per heavy atom. The van der Waals surface area contributed by atoms with Crippen LogP contribution in [0.15, 0.2) is 155 Å². The highest BCUT2D eigenvalue weighted by atomic mass is 19.1. The summed E-state index contributed by atoms with van der Waals surface area (Å²) < 4.78 is 39.5. The lowest BCUT2D eigenvalue weighted by Crippen LogP contribution is -2.34. The Morgan fingerprint density at radius 2 is 0.921 bits per heavy atom. The van der Waals surface area contributed by atoms with Gasteiger partial charge in [0.2, 0.25) is 41.2 Å². The van der Waals surface area contributed by atoms with Gasteiger partial charge in [-0.3, -0.25) is 33.9 Å². The topological polar surface area (TPSA) is 236 Å². The second-order valence-corrected chi connectivity index (χ2v) is 25.7. The molecule has 0 unspecified atom stereocenters. The lowest BCUT2D eigenvalue weighted by molar-refractivity contribution is -0.118. The van der Waals surface area contributed by atoms with E-state index in [1.807, 2.05) is 126 Å². The predicted octanol–water partition coefficient (Wildman–Crippen LogP) is 15.6. The quantitative estimate of drug-likeness (QED) is 0.0984. The number of benzene rings is 6. The van der Waals surface area contributed by atoms with Crippen LogP contribution in [-0.2, 0) is 59.7 Å². The fraction of sp³-hybridized carbons (Fsp3) is 0.291. The van der Waals surface area contributed by atoms with E-state index in [2.05, 4.69) is 61.3 Å². The van der Waals surface area contributed by atoms with Gasteiger partial charge in [0.1, 0.15) is 29.1 Å². The van der Waals surface area contributed by atoms with Crippen LogP contribution in [0.5, 0.6) is 0 Å². The van der Waals surface area contributed by atoms with Gasteiger partial charge in [-0.05, 0) is 82.3 Å². The highest BCUT2D eigenvalue weighted by Crippen LogP contribution is 2.38. The maximum atomic E-state index is 14.5. The molecule has 6 aromatic carbocycles. The summed E-state index contributed by atoms with van der Waals surface area (Å²) in [6.45, 7) is 17.4. The van der Waals surface area contributed by atoms with Crippen LogP contribution < -0.4 is 14.7 Å². The summed E-state index contributed by atoms with van der Waals surface area (Å²) in [5.41, 5.74) is 13.3. The number of halogens is 2. The van der Waals surface area contributed by atoms with Crippen molar-refractivity contribution in [3.8, 4) is 57.0 Å². The standard InChI is InChI=1S/C26H26N4O2.2C25H22FN5O2.3CH4/c1-16(2)20-6-4-5-7-22(20)24-27-14-19-13-23(31)30(25(19)28-24)15-17-8-9-21-18(12-17)10-11-29(3)26(21)32;1-14(2)22-19(5-4-6-20(22)26)23-27-12-18-11-21(32)31(24(18)28-23)13-16-7-9-17(10-8-16)25-30-29-15(3)33-25;1-14(2)22-19(5-4-6-20(22)26)24-27-12-18-11-21(32)31(25(18)29-24)13-16-7-9-17(10-8-16)23-28-15(3)33-30-23;;;/h4-9,12,14,16H,10-11,13,15H2,1-3H3;2*4-10,12,14H,11,13H2,1-3H3;3*1H4. The Labute approximate surface area is 587 Å². The molecule has 4 amide bonds. The van der Waals surface area contributed by atoms with Gasteiger partial charge in [0, 0.05) is 107 Å². The third-order valence-electron chi connectivity index (χ3n) is 17.7. The van der Waals surface area contributed by atoms with E-state index in [0.29, 0.717) is 119 Å². The van der Waals surface area contributed by atoms with Crippen LogP contribution in [0, 0.1) is 25.5 Å². The highest BCUT2D eigenvalue weighted by molar-refractivity contribution is 6.02. The van der Waals surface area contributed by atoms with Crippen LogP contribution in [-0.4, -0.2) is 92.4 Å². The molecule has 15 rings (SSSR count). The first-order valence-electron chi connectivity index (χ1n) is 32.5. The number of fused-ring (bicyclic) bond motifs is 4. The van der Waals surface area contributed by atoms with Crippen LogP contribution in [0.3, 0.4) is 0 Å². The molecule has 0 radical (unpaired) electrons. The fourth-order valence-corrected chi connectivity index (χ4v) is 12.8. The van der Waals surface area contributed by atoms with Crippen molar-refractivity contribution in [2.24, 2.45) is 0 Å². The molecule has 0 saturated heterocycles. The van der Waals surface area contributed by atoms with E-state index < -0.39 is 0 Å². The van der Waals surface area contributed by atoms with Gasteiger partial charge in [-0.1, -0.05) is 166 Å². The molecule has 20 nitrogen and oxygen atoms in total. The molecule has 4 aliphatic rings. The molecule has 11 aromatic rings. The van der Waals surface area contributed by atoms with Crippen molar-refractivity contribution in [1.29, 1.82) is 0 Å². The number of aromatic nitrogens is 10. The number of carbonyl (C=O) groups excluding carboxylic acids is 4. The van der Waals surface area contributed by atoms with Crippen LogP contribution >= 0.6 is 0 Å². The van der Waals surface area contributed by atoms with Gasteiger partial charge in [-0.25, -0.2) is 38.7 Å². The number of hydrogen-bond acceptors (Lipinski definition) is 16. The molecular weight excluding hydrogens is 1280 g/mol. The van der Waals surface area contributed by atoms with Crippen molar-refractivity contribution in [1.82, 2.24) is 55.1 Å².